The van der Waals surface area contributed by atoms with Gasteiger partial charge in [-0.1, -0.05) is 13.0 Å². The predicted molar refractivity (Wildman–Crippen MR) is 75.9 cm³/mol. The summed E-state index contributed by atoms with van der Waals surface area (Å²) in [6.45, 7) is 3.78. The minimum atomic E-state index is 0.0481. The summed E-state index contributed by atoms with van der Waals surface area (Å²) in [7, 11) is 0. The molecule has 0 saturated carbocycles. The van der Waals surface area contributed by atoms with Crippen molar-refractivity contribution >= 4 is 22.5 Å². The monoisotopic (exact) mass is 255 g/mol. The summed E-state index contributed by atoms with van der Waals surface area (Å²) in [5.41, 5.74) is 1.74. The molecule has 4 heteroatoms. The summed E-state index contributed by atoms with van der Waals surface area (Å²) in [5.74, 6) is 0.522. The molecule has 19 heavy (non-hydrogen) atoms. The molecule has 98 valence electrons. The Morgan fingerprint density at radius 1 is 1.32 bits per heavy atom. The van der Waals surface area contributed by atoms with Crippen molar-refractivity contribution in [3.8, 4) is 0 Å². The van der Waals surface area contributed by atoms with E-state index in [1.807, 2.05) is 30.3 Å². The number of aromatic nitrogens is 1. The molecule has 2 unspecified atom stereocenters. The fourth-order valence-electron chi connectivity index (χ4n) is 2.60. The first kappa shape index (κ1) is 12.1. The van der Waals surface area contributed by atoms with E-state index in [-0.39, 0.29) is 11.8 Å². The highest BCUT2D eigenvalue weighted by molar-refractivity contribution is 6.01. The summed E-state index contributed by atoms with van der Waals surface area (Å²) < 4.78 is 0. The van der Waals surface area contributed by atoms with Crippen LogP contribution in [-0.4, -0.2) is 24.0 Å². The lowest BCUT2D eigenvalue weighted by molar-refractivity contribution is -0.120. The van der Waals surface area contributed by atoms with Gasteiger partial charge < -0.3 is 10.6 Å². The fraction of sp³-hybridized carbons (Fsp3) is 0.333. The Hall–Kier alpha value is -1.94. The van der Waals surface area contributed by atoms with Gasteiger partial charge in [0, 0.05) is 18.1 Å². The van der Waals surface area contributed by atoms with Crippen LogP contribution in [0.1, 0.15) is 6.92 Å². The maximum atomic E-state index is 12.3. The molecule has 1 aromatic carbocycles. The Labute approximate surface area is 112 Å². The molecule has 1 saturated heterocycles. The SMILES string of the molecule is CC1CNCC1C(=O)Nc1cccc2ncccc12. The number of carbonyl (C=O) groups excluding carboxylic acids is 1. The minimum absolute atomic E-state index is 0.0481. The molecule has 0 aliphatic carbocycles. The van der Waals surface area contributed by atoms with Crippen LogP contribution in [0, 0.1) is 11.8 Å². The van der Waals surface area contributed by atoms with Crippen molar-refractivity contribution in [3.05, 3.63) is 36.5 Å². The maximum absolute atomic E-state index is 12.3. The van der Waals surface area contributed by atoms with Crippen LogP contribution in [0.15, 0.2) is 36.5 Å². The molecule has 1 amide bonds. The number of carbonyl (C=O) groups is 1. The zero-order valence-corrected chi connectivity index (χ0v) is 10.9. The second-order valence-electron chi connectivity index (χ2n) is 5.11. The highest BCUT2D eigenvalue weighted by Gasteiger charge is 2.29. The second-order valence-corrected chi connectivity index (χ2v) is 5.11. The fourth-order valence-corrected chi connectivity index (χ4v) is 2.60. The molecule has 3 rings (SSSR count). The van der Waals surface area contributed by atoms with E-state index in [0.717, 1.165) is 29.7 Å². The Balaban J connectivity index is 1.87. The minimum Gasteiger partial charge on any atom is -0.325 e. The third-order valence-corrected chi connectivity index (χ3v) is 3.76. The summed E-state index contributed by atoms with van der Waals surface area (Å²) in [5, 5.41) is 7.27. The van der Waals surface area contributed by atoms with Gasteiger partial charge in [-0.3, -0.25) is 9.78 Å². The number of benzene rings is 1. The van der Waals surface area contributed by atoms with Crippen LogP contribution in [0.4, 0.5) is 5.69 Å². The molecular weight excluding hydrogens is 238 g/mol. The Kier molecular flexibility index (Phi) is 3.17. The van der Waals surface area contributed by atoms with Crippen molar-refractivity contribution in [2.75, 3.05) is 18.4 Å². The van der Waals surface area contributed by atoms with Crippen LogP contribution in [0.25, 0.3) is 10.9 Å². The van der Waals surface area contributed by atoms with Crippen molar-refractivity contribution in [1.29, 1.82) is 0 Å². The molecule has 1 aliphatic heterocycles. The zero-order chi connectivity index (χ0) is 13.2. The van der Waals surface area contributed by atoms with Crippen LogP contribution < -0.4 is 10.6 Å². The predicted octanol–water partition coefficient (Wildman–Crippen LogP) is 2.03. The first-order chi connectivity index (χ1) is 9.25. The number of pyridine rings is 1. The van der Waals surface area contributed by atoms with Crippen LogP contribution in [0.2, 0.25) is 0 Å². The number of hydrogen-bond donors (Lipinski definition) is 2. The number of nitrogens with one attached hydrogen (secondary N) is 2. The van der Waals surface area contributed by atoms with E-state index in [1.54, 1.807) is 6.20 Å². The van der Waals surface area contributed by atoms with E-state index in [4.69, 9.17) is 0 Å². The molecular formula is C15H17N3O. The lowest BCUT2D eigenvalue weighted by Gasteiger charge is -2.15. The van der Waals surface area contributed by atoms with Crippen LogP contribution in [-0.2, 0) is 4.79 Å². The van der Waals surface area contributed by atoms with Crippen molar-refractivity contribution in [2.24, 2.45) is 11.8 Å². The lowest BCUT2D eigenvalue weighted by Crippen LogP contribution is -2.27. The van der Waals surface area contributed by atoms with E-state index in [9.17, 15) is 4.79 Å². The van der Waals surface area contributed by atoms with Crippen molar-refractivity contribution < 1.29 is 4.79 Å². The van der Waals surface area contributed by atoms with E-state index >= 15 is 0 Å². The van der Waals surface area contributed by atoms with Crippen molar-refractivity contribution in [3.63, 3.8) is 0 Å². The van der Waals surface area contributed by atoms with E-state index in [0.29, 0.717) is 5.92 Å². The molecule has 1 fully saturated rings. The number of amides is 1. The zero-order valence-electron chi connectivity index (χ0n) is 10.9. The number of fused-ring (bicyclic) bond motifs is 1. The average Bonchev–Trinajstić information content (AvgIpc) is 2.85. The van der Waals surface area contributed by atoms with E-state index < -0.39 is 0 Å². The molecule has 0 bridgehead atoms. The Morgan fingerprint density at radius 3 is 3.00 bits per heavy atom. The molecule has 2 N–H and O–H groups in total. The van der Waals surface area contributed by atoms with E-state index in [2.05, 4.69) is 22.5 Å². The highest BCUT2D eigenvalue weighted by atomic mass is 16.1. The van der Waals surface area contributed by atoms with Gasteiger partial charge in [0.15, 0.2) is 0 Å². The average molecular weight is 255 g/mol. The standard InChI is InChI=1S/C15H17N3O/c1-10-8-16-9-12(10)15(19)18-14-6-2-5-13-11(14)4-3-7-17-13/h2-7,10,12,16H,8-9H2,1H3,(H,18,19). The van der Waals surface area contributed by atoms with Crippen LogP contribution >= 0.6 is 0 Å². The van der Waals surface area contributed by atoms with Gasteiger partial charge in [0.2, 0.25) is 5.91 Å². The van der Waals surface area contributed by atoms with Crippen molar-refractivity contribution in [2.45, 2.75) is 6.92 Å². The smallest absolute Gasteiger partial charge is 0.229 e. The Morgan fingerprint density at radius 2 is 2.21 bits per heavy atom. The molecule has 0 radical (unpaired) electrons. The number of anilines is 1. The number of nitrogens with zero attached hydrogens (tertiary/aromatic N) is 1. The summed E-state index contributed by atoms with van der Waals surface area (Å²) in [6, 6.07) is 9.66. The molecule has 2 heterocycles. The molecule has 0 spiro atoms. The topological polar surface area (TPSA) is 54.0 Å². The first-order valence-electron chi connectivity index (χ1n) is 6.61. The molecule has 2 atom stereocenters. The van der Waals surface area contributed by atoms with Gasteiger partial charge >= 0.3 is 0 Å². The van der Waals surface area contributed by atoms with Gasteiger partial charge in [-0.05, 0) is 36.7 Å². The van der Waals surface area contributed by atoms with Gasteiger partial charge in [0.05, 0.1) is 17.1 Å². The largest absolute Gasteiger partial charge is 0.325 e. The maximum Gasteiger partial charge on any atom is 0.229 e. The molecule has 4 nitrogen and oxygen atoms in total. The molecule has 1 aliphatic rings. The van der Waals surface area contributed by atoms with Gasteiger partial charge in [-0.2, -0.15) is 0 Å². The summed E-state index contributed by atoms with van der Waals surface area (Å²) >= 11 is 0. The summed E-state index contributed by atoms with van der Waals surface area (Å²) in [4.78, 5) is 16.6. The van der Waals surface area contributed by atoms with Crippen molar-refractivity contribution in [1.82, 2.24) is 10.3 Å². The Bertz CT molecular complexity index is 606. The third-order valence-electron chi connectivity index (χ3n) is 3.76. The summed E-state index contributed by atoms with van der Waals surface area (Å²) in [6.07, 6.45) is 1.76. The lowest BCUT2D eigenvalue weighted by atomic mass is 9.97. The highest BCUT2D eigenvalue weighted by Crippen LogP contribution is 2.24. The number of rotatable bonds is 2. The number of hydrogen-bond acceptors (Lipinski definition) is 3. The molecule has 1 aromatic heterocycles. The van der Waals surface area contributed by atoms with Crippen LogP contribution in [0.5, 0.6) is 0 Å². The normalized spacial score (nSPS) is 22.6. The second kappa shape index (κ2) is 4.97. The quantitative estimate of drug-likeness (QED) is 0.863. The molecule has 2 aromatic rings. The first-order valence-corrected chi connectivity index (χ1v) is 6.61. The van der Waals surface area contributed by atoms with E-state index in [1.165, 1.54) is 0 Å². The van der Waals surface area contributed by atoms with Crippen LogP contribution in [0.3, 0.4) is 0 Å². The van der Waals surface area contributed by atoms with Gasteiger partial charge in [0.1, 0.15) is 0 Å². The van der Waals surface area contributed by atoms with Gasteiger partial charge in [0.25, 0.3) is 0 Å². The van der Waals surface area contributed by atoms with Gasteiger partial charge in [-0.25, -0.2) is 0 Å². The third kappa shape index (κ3) is 2.31. The van der Waals surface area contributed by atoms with Gasteiger partial charge in [-0.15, -0.1) is 0 Å².